The summed E-state index contributed by atoms with van der Waals surface area (Å²) in [5.74, 6) is -1.27. The first-order valence-corrected chi connectivity index (χ1v) is 11.5. The van der Waals surface area contributed by atoms with E-state index in [1.807, 2.05) is 55.5 Å². The first-order valence-electron chi connectivity index (χ1n) is 11.5. The summed E-state index contributed by atoms with van der Waals surface area (Å²) in [6.45, 7) is 2.40. The lowest BCUT2D eigenvalue weighted by atomic mass is 9.79. The SMILES string of the molecule is Cc1ccc(-c2cnc(O)c3c2NC(c2ccccc2)(c2ccc(CN)cc2)C=C3)o1.O=C(O)C(F)(F)F. The third-order valence-corrected chi connectivity index (χ3v) is 6.04. The standard InChI is InChI=1S/C26H23N3O2.C2HF3O2/c1-17-7-12-23(31-17)22-16-28-25(30)21-13-14-26(29-24(21)22,19-5-3-2-4-6-19)20-10-8-18(15-27)9-11-20;3-2(4,5)1(6)7/h2-14,16,29H,15,27H2,1H3,(H,28,30);(H,6,7). The molecule has 0 amide bonds. The molecule has 0 radical (unpaired) electrons. The van der Waals surface area contributed by atoms with Crippen LogP contribution in [0.3, 0.4) is 0 Å². The summed E-state index contributed by atoms with van der Waals surface area (Å²) >= 11 is 0. The van der Waals surface area contributed by atoms with Gasteiger partial charge in [-0.3, -0.25) is 0 Å². The van der Waals surface area contributed by atoms with Gasteiger partial charge < -0.3 is 25.7 Å². The summed E-state index contributed by atoms with van der Waals surface area (Å²) in [4.78, 5) is 13.1. The van der Waals surface area contributed by atoms with Gasteiger partial charge in [-0.15, -0.1) is 0 Å². The molecule has 0 aliphatic carbocycles. The van der Waals surface area contributed by atoms with Gasteiger partial charge in [0.15, 0.2) is 0 Å². The van der Waals surface area contributed by atoms with Crippen molar-refractivity contribution in [2.24, 2.45) is 5.73 Å². The lowest BCUT2D eigenvalue weighted by Crippen LogP contribution is -2.36. The second-order valence-corrected chi connectivity index (χ2v) is 8.53. The average Bonchev–Trinajstić information content (AvgIpc) is 3.35. The van der Waals surface area contributed by atoms with E-state index in [2.05, 4.69) is 40.6 Å². The van der Waals surface area contributed by atoms with E-state index in [4.69, 9.17) is 20.1 Å². The Morgan fingerprint density at radius 2 is 1.68 bits per heavy atom. The number of carboxylic acids is 1. The van der Waals surface area contributed by atoms with E-state index in [0.29, 0.717) is 17.9 Å². The molecule has 2 aromatic carbocycles. The Morgan fingerprint density at radius 3 is 2.24 bits per heavy atom. The highest BCUT2D eigenvalue weighted by molar-refractivity contribution is 5.88. The number of aromatic hydroxyl groups is 1. The summed E-state index contributed by atoms with van der Waals surface area (Å²) in [7, 11) is 0. The van der Waals surface area contributed by atoms with Gasteiger partial charge in [0.1, 0.15) is 17.1 Å². The summed E-state index contributed by atoms with van der Waals surface area (Å²) in [5.41, 5.74) is 10.6. The Balaban J connectivity index is 0.000000426. The summed E-state index contributed by atoms with van der Waals surface area (Å²) in [6.07, 6.45) is 0.559. The molecule has 3 heterocycles. The van der Waals surface area contributed by atoms with Crippen LogP contribution in [-0.4, -0.2) is 27.3 Å². The number of benzene rings is 2. The van der Waals surface area contributed by atoms with Crippen molar-refractivity contribution in [3.05, 3.63) is 107 Å². The molecule has 38 heavy (non-hydrogen) atoms. The second-order valence-electron chi connectivity index (χ2n) is 8.53. The van der Waals surface area contributed by atoms with Gasteiger partial charge in [0.05, 0.1) is 16.8 Å². The number of carbonyl (C=O) groups is 1. The highest BCUT2D eigenvalue weighted by Crippen LogP contribution is 2.46. The molecule has 1 aliphatic heterocycles. The van der Waals surface area contributed by atoms with Crippen LogP contribution in [0.15, 0.2) is 83.4 Å². The first kappa shape index (κ1) is 26.5. The number of hydrogen-bond acceptors (Lipinski definition) is 6. The quantitative estimate of drug-likeness (QED) is 0.266. The molecule has 196 valence electrons. The van der Waals surface area contributed by atoms with Gasteiger partial charge in [0.2, 0.25) is 5.88 Å². The normalized spacial score (nSPS) is 16.1. The molecule has 7 nitrogen and oxygen atoms in total. The molecular weight excluding hydrogens is 499 g/mol. The highest BCUT2D eigenvalue weighted by Gasteiger charge is 2.38. The molecule has 0 bridgehead atoms. The number of fused-ring (bicyclic) bond motifs is 1. The number of nitrogens with one attached hydrogen (secondary N) is 1. The number of halogens is 3. The molecule has 0 fully saturated rings. The smallest absolute Gasteiger partial charge is 0.490 e. The Bertz CT molecular complexity index is 1470. The monoisotopic (exact) mass is 523 g/mol. The summed E-state index contributed by atoms with van der Waals surface area (Å²) in [5, 5.41) is 21.3. The van der Waals surface area contributed by atoms with Gasteiger partial charge in [-0.1, -0.05) is 54.6 Å². The number of carboxylic acid groups (broad SMARTS) is 1. The molecule has 0 saturated heterocycles. The molecule has 1 unspecified atom stereocenters. The van der Waals surface area contributed by atoms with Gasteiger partial charge >= 0.3 is 12.1 Å². The number of furan rings is 1. The number of alkyl halides is 3. The van der Waals surface area contributed by atoms with Crippen molar-refractivity contribution in [2.75, 3.05) is 5.32 Å². The molecule has 0 spiro atoms. The number of nitrogens with two attached hydrogens (primary N) is 1. The predicted molar refractivity (Wildman–Crippen MR) is 136 cm³/mol. The van der Waals surface area contributed by atoms with Crippen molar-refractivity contribution in [3.8, 4) is 17.2 Å². The molecule has 1 atom stereocenters. The fraction of sp³-hybridized carbons (Fsp3) is 0.143. The van der Waals surface area contributed by atoms with Gasteiger partial charge in [0, 0.05) is 12.7 Å². The van der Waals surface area contributed by atoms with Gasteiger partial charge in [0.25, 0.3) is 0 Å². The van der Waals surface area contributed by atoms with Crippen LogP contribution in [-0.2, 0) is 16.9 Å². The van der Waals surface area contributed by atoms with Crippen molar-refractivity contribution in [2.45, 2.75) is 25.2 Å². The number of hydrogen-bond donors (Lipinski definition) is 4. The van der Waals surface area contributed by atoms with Crippen molar-refractivity contribution < 1.29 is 32.6 Å². The molecule has 4 aromatic rings. The number of nitrogens with zero attached hydrogens (tertiary/aromatic N) is 1. The van der Waals surface area contributed by atoms with Crippen LogP contribution in [0.25, 0.3) is 17.4 Å². The molecule has 5 N–H and O–H groups in total. The maximum atomic E-state index is 10.6. The molecule has 2 aromatic heterocycles. The van der Waals surface area contributed by atoms with E-state index in [-0.39, 0.29) is 5.88 Å². The van der Waals surface area contributed by atoms with Crippen LogP contribution in [0.2, 0.25) is 0 Å². The van der Waals surface area contributed by atoms with E-state index in [0.717, 1.165) is 33.7 Å². The van der Waals surface area contributed by atoms with E-state index < -0.39 is 17.7 Å². The van der Waals surface area contributed by atoms with Crippen molar-refractivity contribution in [3.63, 3.8) is 0 Å². The van der Waals surface area contributed by atoms with Crippen LogP contribution in [0.4, 0.5) is 18.9 Å². The van der Waals surface area contributed by atoms with Gasteiger partial charge in [-0.25, -0.2) is 9.78 Å². The zero-order chi connectivity index (χ0) is 27.5. The minimum Gasteiger partial charge on any atom is -0.493 e. The van der Waals surface area contributed by atoms with E-state index in [9.17, 15) is 18.3 Å². The number of aliphatic carboxylic acids is 1. The third-order valence-electron chi connectivity index (χ3n) is 6.04. The minimum absolute atomic E-state index is 0.0223. The van der Waals surface area contributed by atoms with E-state index >= 15 is 0 Å². The molecular formula is C28H24F3N3O4. The van der Waals surface area contributed by atoms with Crippen LogP contribution >= 0.6 is 0 Å². The Hall–Kier alpha value is -4.57. The van der Waals surface area contributed by atoms with E-state index in [1.165, 1.54) is 0 Å². The third kappa shape index (κ3) is 5.25. The summed E-state index contributed by atoms with van der Waals surface area (Å²) in [6, 6.07) is 22.4. The number of anilines is 1. The van der Waals surface area contributed by atoms with Crippen molar-refractivity contribution in [1.29, 1.82) is 0 Å². The molecule has 10 heteroatoms. The minimum atomic E-state index is -5.08. The van der Waals surface area contributed by atoms with Crippen LogP contribution in [0.5, 0.6) is 5.88 Å². The number of aryl methyl sites for hydroxylation is 1. The second kappa shape index (κ2) is 10.4. The van der Waals surface area contributed by atoms with Crippen molar-refractivity contribution >= 4 is 17.7 Å². The zero-order valence-electron chi connectivity index (χ0n) is 20.2. The lowest BCUT2D eigenvalue weighted by molar-refractivity contribution is -0.192. The maximum Gasteiger partial charge on any atom is 0.490 e. The Kier molecular flexibility index (Phi) is 7.27. The Morgan fingerprint density at radius 1 is 1.05 bits per heavy atom. The largest absolute Gasteiger partial charge is 0.493 e. The van der Waals surface area contributed by atoms with Gasteiger partial charge in [-0.2, -0.15) is 13.2 Å². The van der Waals surface area contributed by atoms with Gasteiger partial charge in [-0.05, 0) is 47.9 Å². The fourth-order valence-electron chi connectivity index (χ4n) is 4.13. The predicted octanol–water partition coefficient (Wildman–Crippen LogP) is 5.83. The maximum absolute atomic E-state index is 10.6. The topological polar surface area (TPSA) is 122 Å². The first-order chi connectivity index (χ1) is 18.0. The average molecular weight is 524 g/mol. The number of rotatable bonds is 4. The highest BCUT2D eigenvalue weighted by atomic mass is 19.4. The fourth-order valence-corrected chi connectivity index (χ4v) is 4.13. The van der Waals surface area contributed by atoms with Crippen LogP contribution < -0.4 is 11.1 Å². The van der Waals surface area contributed by atoms with Crippen LogP contribution in [0.1, 0.15) is 28.0 Å². The number of aromatic nitrogens is 1. The summed E-state index contributed by atoms with van der Waals surface area (Å²) < 4.78 is 37.6. The number of pyridine rings is 1. The molecule has 5 rings (SSSR count). The van der Waals surface area contributed by atoms with E-state index in [1.54, 1.807) is 6.20 Å². The zero-order valence-corrected chi connectivity index (χ0v) is 20.2. The Labute approximate surface area is 216 Å². The van der Waals surface area contributed by atoms with Crippen molar-refractivity contribution in [1.82, 2.24) is 4.98 Å². The molecule has 0 saturated carbocycles. The molecule has 1 aliphatic rings. The van der Waals surface area contributed by atoms with Crippen LogP contribution in [0, 0.1) is 6.92 Å². The lowest BCUT2D eigenvalue weighted by Gasteiger charge is -2.38.